The summed E-state index contributed by atoms with van der Waals surface area (Å²) in [6, 6.07) is 5.66. The van der Waals surface area contributed by atoms with Gasteiger partial charge in [0, 0.05) is 20.0 Å². The molecule has 0 aliphatic heterocycles. The summed E-state index contributed by atoms with van der Waals surface area (Å²) in [6.07, 6.45) is -4.81. The quantitative estimate of drug-likeness (QED) is 0.835. The molecular formula is C11H11F3N2O3S. The van der Waals surface area contributed by atoms with Crippen LogP contribution in [0.1, 0.15) is 6.42 Å². The van der Waals surface area contributed by atoms with Crippen molar-refractivity contribution in [2.45, 2.75) is 17.7 Å². The highest BCUT2D eigenvalue weighted by Gasteiger charge is 2.31. The Balaban J connectivity index is 2.90. The van der Waals surface area contributed by atoms with Crippen LogP contribution in [0.5, 0.6) is 5.75 Å². The number of rotatable bonds is 5. The molecule has 0 aliphatic rings. The Morgan fingerprint density at radius 1 is 1.30 bits per heavy atom. The van der Waals surface area contributed by atoms with Crippen LogP contribution in [0, 0.1) is 11.3 Å². The van der Waals surface area contributed by atoms with Crippen LogP contribution >= 0.6 is 0 Å². The molecule has 0 atom stereocenters. The molecule has 0 aliphatic carbocycles. The van der Waals surface area contributed by atoms with Crippen molar-refractivity contribution in [1.29, 1.82) is 5.26 Å². The third-order valence-corrected chi connectivity index (χ3v) is 4.18. The molecule has 5 nitrogen and oxygen atoms in total. The number of halogens is 3. The Labute approximate surface area is 114 Å². The second kappa shape index (κ2) is 6.11. The van der Waals surface area contributed by atoms with Crippen LogP contribution in [0.3, 0.4) is 0 Å². The summed E-state index contributed by atoms with van der Waals surface area (Å²) in [6.45, 7) is -0.000361. The van der Waals surface area contributed by atoms with E-state index in [2.05, 4.69) is 4.74 Å². The minimum absolute atomic E-state index is 0.000361. The summed E-state index contributed by atoms with van der Waals surface area (Å²) < 4.78 is 64.5. The van der Waals surface area contributed by atoms with Crippen molar-refractivity contribution in [2.75, 3.05) is 13.6 Å². The van der Waals surface area contributed by atoms with E-state index < -0.39 is 22.1 Å². The van der Waals surface area contributed by atoms with Crippen molar-refractivity contribution in [3.8, 4) is 11.8 Å². The van der Waals surface area contributed by atoms with Gasteiger partial charge in [0.05, 0.1) is 11.0 Å². The van der Waals surface area contributed by atoms with E-state index in [1.165, 1.54) is 7.05 Å². The summed E-state index contributed by atoms with van der Waals surface area (Å²) in [7, 11) is -2.54. The van der Waals surface area contributed by atoms with Crippen LogP contribution < -0.4 is 4.74 Å². The zero-order valence-electron chi connectivity index (χ0n) is 10.4. The van der Waals surface area contributed by atoms with Crippen molar-refractivity contribution in [2.24, 2.45) is 0 Å². The Kier molecular flexibility index (Phi) is 4.97. The molecule has 0 radical (unpaired) electrons. The summed E-state index contributed by atoms with van der Waals surface area (Å²) in [5.41, 5.74) is 0. The van der Waals surface area contributed by atoms with E-state index >= 15 is 0 Å². The van der Waals surface area contributed by atoms with Gasteiger partial charge in [-0.05, 0) is 24.3 Å². The molecule has 0 fully saturated rings. The second-order valence-corrected chi connectivity index (χ2v) is 5.80. The maximum atomic E-state index is 12.0. The SMILES string of the molecule is CN(CCC#N)S(=O)(=O)c1ccc(OC(F)(F)F)cc1. The van der Waals surface area contributed by atoms with Gasteiger partial charge in [-0.15, -0.1) is 13.2 Å². The normalized spacial score (nSPS) is 12.2. The van der Waals surface area contributed by atoms with Gasteiger partial charge < -0.3 is 4.74 Å². The molecule has 20 heavy (non-hydrogen) atoms. The van der Waals surface area contributed by atoms with Crippen LogP contribution in [-0.2, 0) is 10.0 Å². The van der Waals surface area contributed by atoms with Crippen LogP contribution in [0.25, 0.3) is 0 Å². The van der Waals surface area contributed by atoms with Crippen LogP contribution in [-0.4, -0.2) is 32.7 Å². The minimum atomic E-state index is -4.83. The average molecular weight is 308 g/mol. The van der Waals surface area contributed by atoms with Crippen molar-refractivity contribution < 1.29 is 26.3 Å². The standard InChI is InChI=1S/C11H11F3N2O3S/c1-16(8-2-7-15)20(17,18)10-5-3-9(4-6-10)19-11(12,13)14/h3-6H,2,8H2,1H3. The number of ether oxygens (including phenoxy) is 1. The number of nitriles is 1. The maximum absolute atomic E-state index is 12.0. The van der Waals surface area contributed by atoms with E-state index in [-0.39, 0.29) is 17.9 Å². The lowest BCUT2D eigenvalue weighted by Gasteiger charge is -2.16. The van der Waals surface area contributed by atoms with E-state index in [1.807, 2.05) is 0 Å². The van der Waals surface area contributed by atoms with Crippen molar-refractivity contribution in [3.63, 3.8) is 0 Å². The van der Waals surface area contributed by atoms with Gasteiger partial charge in [0.25, 0.3) is 0 Å². The summed E-state index contributed by atoms with van der Waals surface area (Å²) in [5, 5.41) is 8.40. The van der Waals surface area contributed by atoms with Gasteiger partial charge in [0.1, 0.15) is 5.75 Å². The van der Waals surface area contributed by atoms with E-state index in [1.54, 1.807) is 6.07 Å². The van der Waals surface area contributed by atoms with E-state index in [9.17, 15) is 21.6 Å². The highest BCUT2D eigenvalue weighted by Crippen LogP contribution is 2.24. The fourth-order valence-electron chi connectivity index (χ4n) is 1.32. The number of alkyl halides is 3. The molecule has 0 heterocycles. The molecule has 0 saturated heterocycles. The molecular weight excluding hydrogens is 297 g/mol. The fourth-order valence-corrected chi connectivity index (χ4v) is 2.49. The van der Waals surface area contributed by atoms with E-state index in [0.717, 1.165) is 28.6 Å². The first kappa shape index (κ1) is 16.3. The maximum Gasteiger partial charge on any atom is 0.573 e. The molecule has 0 aromatic heterocycles. The van der Waals surface area contributed by atoms with Gasteiger partial charge >= 0.3 is 6.36 Å². The predicted octanol–water partition coefficient (Wildman–Crippen LogP) is 2.12. The third kappa shape index (κ3) is 4.40. The van der Waals surface area contributed by atoms with Gasteiger partial charge in [-0.2, -0.15) is 9.57 Å². The van der Waals surface area contributed by atoms with Gasteiger partial charge in [-0.25, -0.2) is 8.42 Å². The van der Waals surface area contributed by atoms with Gasteiger partial charge in [-0.3, -0.25) is 0 Å². The van der Waals surface area contributed by atoms with Gasteiger partial charge in [0.15, 0.2) is 0 Å². The second-order valence-electron chi connectivity index (χ2n) is 3.75. The molecule has 1 rings (SSSR count). The molecule has 0 spiro atoms. The van der Waals surface area contributed by atoms with Crippen LogP contribution in [0.15, 0.2) is 29.2 Å². The number of hydrogen-bond acceptors (Lipinski definition) is 4. The number of hydrogen-bond donors (Lipinski definition) is 0. The van der Waals surface area contributed by atoms with Crippen LogP contribution in [0.4, 0.5) is 13.2 Å². The molecule has 0 bridgehead atoms. The van der Waals surface area contributed by atoms with Gasteiger partial charge in [-0.1, -0.05) is 0 Å². The third-order valence-electron chi connectivity index (χ3n) is 2.30. The largest absolute Gasteiger partial charge is 0.573 e. The first-order valence-electron chi connectivity index (χ1n) is 5.36. The molecule has 0 saturated carbocycles. The Hall–Kier alpha value is -1.79. The monoisotopic (exact) mass is 308 g/mol. The molecule has 0 unspecified atom stereocenters. The molecule has 0 N–H and O–H groups in total. The summed E-state index contributed by atoms with van der Waals surface area (Å²) in [5.74, 6) is -0.504. The lowest BCUT2D eigenvalue weighted by molar-refractivity contribution is -0.274. The first-order chi connectivity index (χ1) is 9.16. The molecule has 1 aromatic rings. The van der Waals surface area contributed by atoms with Crippen LogP contribution in [0.2, 0.25) is 0 Å². The number of sulfonamides is 1. The van der Waals surface area contributed by atoms with Crippen molar-refractivity contribution >= 4 is 10.0 Å². The molecule has 0 amide bonds. The topological polar surface area (TPSA) is 70.4 Å². The van der Waals surface area contributed by atoms with Gasteiger partial charge in [0.2, 0.25) is 10.0 Å². The Bertz CT molecular complexity index is 591. The lowest BCUT2D eigenvalue weighted by atomic mass is 10.3. The molecule has 110 valence electrons. The number of benzene rings is 1. The molecule has 9 heteroatoms. The lowest BCUT2D eigenvalue weighted by Crippen LogP contribution is -2.27. The average Bonchev–Trinajstić information content (AvgIpc) is 2.34. The predicted molar refractivity (Wildman–Crippen MR) is 63.2 cm³/mol. The summed E-state index contributed by atoms with van der Waals surface area (Å²) in [4.78, 5) is -0.174. The zero-order chi connectivity index (χ0) is 15.4. The Morgan fingerprint density at radius 3 is 2.30 bits per heavy atom. The smallest absolute Gasteiger partial charge is 0.406 e. The number of nitrogens with zero attached hydrogens (tertiary/aromatic N) is 2. The Morgan fingerprint density at radius 2 is 1.85 bits per heavy atom. The first-order valence-corrected chi connectivity index (χ1v) is 6.80. The highest BCUT2D eigenvalue weighted by molar-refractivity contribution is 7.89. The zero-order valence-corrected chi connectivity index (χ0v) is 11.2. The molecule has 1 aromatic carbocycles. The van der Waals surface area contributed by atoms with Crippen molar-refractivity contribution in [1.82, 2.24) is 4.31 Å². The summed E-state index contributed by atoms with van der Waals surface area (Å²) >= 11 is 0. The van der Waals surface area contributed by atoms with E-state index in [0.29, 0.717) is 0 Å². The fraction of sp³-hybridized carbons (Fsp3) is 0.364. The minimum Gasteiger partial charge on any atom is -0.406 e. The van der Waals surface area contributed by atoms with Crippen molar-refractivity contribution in [3.05, 3.63) is 24.3 Å². The highest BCUT2D eigenvalue weighted by atomic mass is 32.2. The van der Waals surface area contributed by atoms with E-state index in [4.69, 9.17) is 5.26 Å².